The summed E-state index contributed by atoms with van der Waals surface area (Å²) in [6, 6.07) is 0. The van der Waals surface area contributed by atoms with Crippen molar-refractivity contribution in [3.63, 3.8) is 0 Å². The molecule has 0 aliphatic rings. The summed E-state index contributed by atoms with van der Waals surface area (Å²) in [4.78, 5) is 42.9. The van der Waals surface area contributed by atoms with Crippen molar-refractivity contribution in [1.29, 1.82) is 0 Å². The Morgan fingerprint density at radius 2 is 0.792 bits per heavy atom. The quantitative estimate of drug-likeness (QED) is 0.0272. The topological polar surface area (TPSA) is 119 Å². The molecule has 2 N–H and O–H groups in total. The minimum Gasteiger partial charge on any atom is -0.462 e. The Labute approximate surface area is 327 Å². The first-order valence-electron chi connectivity index (χ1n) is 22.5. The fourth-order valence-corrected chi connectivity index (χ4v) is 7.02. The number of hydrogen-bond donors (Lipinski definition) is 2. The molecule has 314 valence electrons. The summed E-state index contributed by atoms with van der Waals surface area (Å²) in [6.45, 7) is 3.71. The van der Waals surface area contributed by atoms with Gasteiger partial charge >= 0.3 is 19.8 Å². The van der Waals surface area contributed by atoms with E-state index in [4.69, 9.17) is 19.3 Å². The highest BCUT2D eigenvalue weighted by Gasteiger charge is 2.23. The van der Waals surface area contributed by atoms with Crippen molar-refractivity contribution in [2.24, 2.45) is 0 Å². The number of allylic oxidation sites excluding steroid dienone is 2. The van der Waals surface area contributed by atoms with Gasteiger partial charge < -0.3 is 19.3 Å². The Hall–Kier alpha value is -1.21. The molecule has 0 saturated carbocycles. The number of unbranched alkanes of at least 4 members (excludes halogenated alkanes) is 30. The molecule has 0 amide bonds. The molecule has 9 heteroatoms. The highest BCUT2D eigenvalue weighted by atomic mass is 31.2. The van der Waals surface area contributed by atoms with Crippen molar-refractivity contribution in [2.45, 2.75) is 245 Å². The number of phosphoric acid groups is 1. The third-order valence-corrected chi connectivity index (χ3v) is 10.5. The SMILES string of the molecule is CCCCCCCC/C=C/CCCCCCCCCCCC(=O)OC[C@H](COP(=O)(O)O)OC(=O)CCCCCCCCCCCCCCCCCC. The van der Waals surface area contributed by atoms with Crippen molar-refractivity contribution in [3.8, 4) is 0 Å². The predicted octanol–water partition coefficient (Wildman–Crippen LogP) is 13.8. The normalized spacial score (nSPS) is 12.5. The fourth-order valence-electron chi connectivity index (χ4n) is 6.66. The molecule has 0 aromatic rings. The van der Waals surface area contributed by atoms with E-state index in [0.717, 1.165) is 32.1 Å². The predicted molar refractivity (Wildman–Crippen MR) is 221 cm³/mol. The minimum atomic E-state index is -4.75. The highest BCUT2D eigenvalue weighted by Crippen LogP contribution is 2.36. The van der Waals surface area contributed by atoms with Crippen LogP contribution in [0.3, 0.4) is 0 Å². The molecule has 0 heterocycles. The van der Waals surface area contributed by atoms with Crippen LogP contribution in [0.5, 0.6) is 0 Å². The zero-order chi connectivity index (χ0) is 38.9. The van der Waals surface area contributed by atoms with Crippen LogP contribution in [0.15, 0.2) is 12.2 Å². The lowest BCUT2D eigenvalue weighted by molar-refractivity contribution is -0.161. The average molecular weight is 773 g/mol. The Balaban J connectivity index is 3.84. The van der Waals surface area contributed by atoms with E-state index < -0.39 is 32.5 Å². The Morgan fingerprint density at radius 1 is 0.472 bits per heavy atom. The van der Waals surface area contributed by atoms with Crippen LogP contribution >= 0.6 is 7.82 Å². The number of esters is 2. The zero-order valence-electron chi connectivity index (χ0n) is 34.7. The summed E-state index contributed by atoms with van der Waals surface area (Å²) in [7, 11) is -4.75. The highest BCUT2D eigenvalue weighted by molar-refractivity contribution is 7.46. The van der Waals surface area contributed by atoms with Crippen molar-refractivity contribution in [2.75, 3.05) is 13.2 Å². The maximum Gasteiger partial charge on any atom is 0.469 e. The van der Waals surface area contributed by atoms with Gasteiger partial charge in [0.15, 0.2) is 6.10 Å². The number of phosphoric ester groups is 1. The van der Waals surface area contributed by atoms with Gasteiger partial charge in [0.2, 0.25) is 0 Å². The van der Waals surface area contributed by atoms with Gasteiger partial charge in [-0.2, -0.15) is 0 Å². The Morgan fingerprint density at radius 3 is 1.15 bits per heavy atom. The zero-order valence-corrected chi connectivity index (χ0v) is 35.6. The van der Waals surface area contributed by atoms with E-state index in [1.807, 2.05) is 0 Å². The first-order chi connectivity index (χ1) is 25.8. The molecule has 0 spiro atoms. The molecular formula is C44H85O8P. The number of carbonyl (C=O) groups is 2. The maximum absolute atomic E-state index is 12.4. The standard InChI is InChI=1S/C44H85O8P/c1-3-5-7-9-11-13-15-17-19-21-22-23-25-26-28-30-32-34-36-38-43(45)50-40-42(41-51-53(47,48)49)52-44(46)39-37-35-33-31-29-27-24-20-18-16-14-12-10-8-6-4-2/h17,19,42H,3-16,18,20-41H2,1-2H3,(H2,47,48,49)/b19-17+/t42-/m1/s1. The van der Waals surface area contributed by atoms with Crippen molar-refractivity contribution >= 4 is 19.8 Å². The van der Waals surface area contributed by atoms with E-state index in [9.17, 15) is 14.2 Å². The molecule has 53 heavy (non-hydrogen) atoms. The largest absolute Gasteiger partial charge is 0.469 e. The monoisotopic (exact) mass is 773 g/mol. The molecule has 0 bridgehead atoms. The van der Waals surface area contributed by atoms with Gasteiger partial charge in [-0.05, 0) is 38.5 Å². The van der Waals surface area contributed by atoms with Crippen LogP contribution < -0.4 is 0 Å². The molecule has 0 aromatic carbocycles. The summed E-state index contributed by atoms with van der Waals surface area (Å²) in [5, 5.41) is 0. The first kappa shape index (κ1) is 51.8. The van der Waals surface area contributed by atoms with Crippen LogP contribution in [0, 0.1) is 0 Å². The van der Waals surface area contributed by atoms with Crippen LogP contribution in [0.1, 0.15) is 239 Å². The summed E-state index contributed by atoms with van der Waals surface area (Å²) >= 11 is 0. The molecule has 0 radical (unpaired) electrons. The molecule has 0 fully saturated rings. The molecule has 0 aliphatic heterocycles. The van der Waals surface area contributed by atoms with Gasteiger partial charge in [-0.1, -0.05) is 199 Å². The van der Waals surface area contributed by atoms with E-state index >= 15 is 0 Å². The lowest BCUT2D eigenvalue weighted by Gasteiger charge is -2.18. The molecule has 1 atom stereocenters. The van der Waals surface area contributed by atoms with Crippen LogP contribution in [-0.2, 0) is 28.2 Å². The van der Waals surface area contributed by atoms with E-state index in [1.54, 1.807) is 0 Å². The molecule has 8 nitrogen and oxygen atoms in total. The van der Waals surface area contributed by atoms with Gasteiger partial charge in [-0.15, -0.1) is 0 Å². The van der Waals surface area contributed by atoms with Gasteiger partial charge in [-0.3, -0.25) is 14.1 Å². The van der Waals surface area contributed by atoms with Gasteiger partial charge in [0.25, 0.3) is 0 Å². The van der Waals surface area contributed by atoms with Gasteiger partial charge in [0.05, 0.1) is 6.61 Å². The second kappa shape index (κ2) is 40.5. The van der Waals surface area contributed by atoms with E-state index in [2.05, 4.69) is 30.5 Å². The molecule has 0 aromatic heterocycles. The average Bonchev–Trinajstić information content (AvgIpc) is 3.13. The fraction of sp³-hybridized carbons (Fsp3) is 0.909. The third kappa shape index (κ3) is 43.4. The van der Waals surface area contributed by atoms with Gasteiger partial charge in [-0.25, -0.2) is 4.57 Å². The minimum absolute atomic E-state index is 0.218. The summed E-state index contributed by atoms with van der Waals surface area (Å²) in [5.74, 6) is -0.873. The van der Waals surface area contributed by atoms with Crippen molar-refractivity contribution < 1.29 is 37.9 Å². The molecule has 0 unspecified atom stereocenters. The number of rotatable bonds is 42. The Kier molecular flexibility index (Phi) is 39.5. The third-order valence-electron chi connectivity index (χ3n) is 10.0. The maximum atomic E-state index is 12.4. The van der Waals surface area contributed by atoms with Crippen LogP contribution in [0.25, 0.3) is 0 Å². The summed E-state index contributed by atoms with van der Waals surface area (Å²) in [6.07, 6.45) is 45.0. The summed E-state index contributed by atoms with van der Waals surface area (Å²) < 4.78 is 26.4. The van der Waals surface area contributed by atoms with Crippen molar-refractivity contribution in [3.05, 3.63) is 12.2 Å². The molecule has 0 aliphatic carbocycles. The van der Waals surface area contributed by atoms with Crippen molar-refractivity contribution in [1.82, 2.24) is 0 Å². The van der Waals surface area contributed by atoms with E-state index in [-0.39, 0.29) is 19.4 Å². The molecule has 0 rings (SSSR count). The summed E-state index contributed by atoms with van der Waals surface area (Å²) in [5.41, 5.74) is 0. The second-order valence-corrected chi connectivity index (χ2v) is 16.6. The lowest BCUT2D eigenvalue weighted by atomic mass is 10.0. The number of carbonyl (C=O) groups excluding carboxylic acids is 2. The molecule has 0 saturated heterocycles. The van der Waals surface area contributed by atoms with Gasteiger partial charge in [0.1, 0.15) is 6.61 Å². The number of ether oxygens (including phenoxy) is 2. The van der Waals surface area contributed by atoms with Crippen LogP contribution in [0.4, 0.5) is 0 Å². The van der Waals surface area contributed by atoms with Gasteiger partial charge in [0, 0.05) is 12.8 Å². The molecular weight excluding hydrogens is 687 g/mol. The first-order valence-corrected chi connectivity index (χ1v) is 24.0. The lowest BCUT2D eigenvalue weighted by Crippen LogP contribution is -2.29. The smallest absolute Gasteiger partial charge is 0.462 e. The van der Waals surface area contributed by atoms with E-state index in [1.165, 1.54) is 173 Å². The van der Waals surface area contributed by atoms with Crippen LogP contribution in [0.2, 0.25) is 0 Å². The van der Waals surface area contributed by atoms with E-state index in [0.29, 0.717) is 6.42 Å². The second-order valence-electron chi connectivity index (χ2n) is 15.4. The van der Waals surface area contributed by atoms with Crippen LogP contribution in [-0.4, -0.2) is 41.0 Å². The Bertz CT molecular complexity index is 873. The number of hydrogen-bond acceptors (Lipinski definition) is 6.